The summed E-state index contributed by atoms with van der Waals surface area (Å²) in [6.07, 6.45) is -9.47. The van der Waals surface area contributed by atoms with Gasteiger partial charge in [0.15, 0.2) is 24.5 Å². The van der Waals surface area contributed by atoms with E-state index in [4.69, 9.17) is 25.5 Å². The number of ether oxygens (including phenoxy) is 2. The molecule has 0 aliphatic carbocycles. The fourth-order valence-corrected chi connectivity index (χ4v) is 5.77. The molecular formula is C29H34ClF6N5O4S. The molecule has 17 heteroatoms. The first-order valence-corrected chi connectivity index (χ1v) is 15.7. The minimum absolute atomic E-state index is 0.0394. The molecule has 0 spiro atoms. The highest BCUT2D eigenvalue weighted by Gasteiger charge is 2.32. The van der Waals surface area contributed by atoms with E-state index < -0.39 is 48.8 Å². The van der Waals surface area contributed by atoms with Crippen LogP contribution in [0, 0.1) is 13.8 Å². The number of nitrogens with one attached hydrogen (secondary N) is 1. The van der Waals surface area contributed by atoms with E-state index >= 15 is 0 Å². The number of hydrogen-bond acceptors (Lipinski definition) is 9. The normalized spacial score (nSPS) is 15.1. The van der Waals surface area contributed by atoms with Crippen LogP contribution in [0.1, 0.15) is 36.6 Å². The highest BCUT2D eigenvalue weighted by atomic mass is 35.5. The summed E-state index contributed by atoms with van der Waals surface area (Å²) in [6, 6.07) is 3.00. The van der Waals surface area contributed by atoms with Gasteiger partial charge >= 0.3 is 12.4 Å². The number of carbonyl (C=O) groups is 1. The third-order valence-electron chi connectivity index (χ3n) is 7.06. The highest BCUT2D eigenvalue weighted by molar-refractivity contribution is 7.99. The maximum Gasteiger partial charge on any atom is 0.422 e. The van der Waals surface area contributed by atoms with Crippen molar-refractivity contribution in [3.05, 3.63) is 34.0 Å². The van der Waals surface area contributed by atoms with Crippen LogP contribution >= 0.6 is 23.4 Å². The number of alkyl halides is 6. The molecule has 4 rings (SSSR count). The zero-order valence-electron chi connectivity index (χ0n) is 25.6. The maximum absolute atomic E-state index is 12.9. The average molecular weight is 698 g/mol. The van der Waals surface area contributed by atoms with Crippen molar-refractivity contribution >= 4 is 46.1 Å². The standard InChI is InChI=1S/C29H34ClF6N5O4S/c1-16(2)19-12-20(30)18(4)23-25(19)45-27(39-23)46-10-9-40-5-7-41(8-6-40)13-22(42)38-24-21(43-14-28(31,32)33)11-17(3)37-26(24)44-15-29(34,35)36/h11-12,16H,5-10,13-15H2,1-4H3,(H,38,42). The van der Waals surface area contributed by atoms with Crippen molar-refractivity contribution in [3.8, 4) is 11.6 Å². The van der Waals surface area contributed by atoms with E-state index in [2.05, 4.69) is 34.0 Å². The largest absolute Gasteiger partial charge is 0.482 e. The number of piperazine rings is 1. The van der Waals surface area contributed by atoms with Crippen molar-refractivity contribution in [3.63, 3.8) is 0 Å². The number of thioether (sulfide) groups is 1. The molecule has 254 valence electrons. The number of aryl methyl sites for hydroxylation is 2. The molecule has 1 saturated heterocycles. The quantitative estimate of drug-likeness (QED) is 0.161. The van der Waals surface area contributed by atoms with Crippen molar-refractivity contribution in [2.24, 2.45) is 0 Å². The van der Waals surface area contributed by atoms with Gasteiger partial charge in [-0.05, 0) is 31.4 Å². The van der Waals surface area contributed by atoms with E-state index in [-0.39, 0.29) is 18.2 Å². The highest BCUT2D eigenvalue weighted by Crippen LogP contribution is 2.37. The van der Waals surface area contributed by atoms with Gasteiger partial charge in [-0.15, -0.1) is 0 Å². The van der Waals surface area contributed by atoms with Crippen LogP contribution in [0.5, 0.6) is 11.6 Å². The molecule has 1 aliphatic rings. The lowest BCUT2D eigenvalue weighted by atomic mass is 10.0. The fraction of sp³-hybridized carbons (Fsp3) is 0.552. The number of rotatable bonds is 12. The Morgan fingerprint density at radius 3 is 2.28 bits per heavy atom. The molecule has 3 heterocycles. The minimum atomic E-state index is -4.74. The Labute approximate surface area is 270 Å². The second-order valence-electron chi connectivity index (χ2n) is 11.1. The molecule has 0 atom stereocenters. The molecule has 0 radical (unpaired) electrons. The molecule has 2 aromatic heterocycles. The molecule has 1 fully saturated rings. The SMILES string of the molecule is Cc1cc(OCC(F)(F)F)c(NC(=O)CN2CCN(CCSc3nc4c(C)c(Cl)cc(C(C)C)c4o3)CC2)c(OCC(F)(F)F)n1. The van der Waals surface area contributed by atoms with Crippen LogP contribution in [0.4, 0.5) is 32.0 Å². The van der Waals surface area contributed by atoms with Crippen LogP contribution in [0.2, 0.25) is 5.02 Å². The van der Waals surface area contributed by atoms with Gasteiger partial charge in [0.1, 0.15) is 11.2 Å². The Bertz CT molecular complexity index is 1490. The van der Waals surface area contributed by atoms with Crippen LogP contribution in [-0.2, 0) is 4.79 Å². The maximum atomic E-state index is 12.9. The lowest BCUT2D eigenvalue weighted by Crippen LogP contribution is -2.49. The second kappa shape index (κ2) is 14.9. The molecule has 1 aromatic carbocycles. The van der Waals surface area contributed by atoms with Crippen molar-refractivity contribution in [1.29, 1.82) is 0 Å². The molecule has 1 amide bonds. The molecule has 1 aliphatic heterocycles. The van der Waals surface area contributed by atoms with Crippen LogP contribution in [0.15, 0.2) is 21.8 Å². The topological polar surface area (TPSA) is 93.0 Å². The third kappa shape index (κ3) is 10.0. The number of halogens is 7. The number of carbonyl (C=O) groups excluding carboxylic acids is 1. The zero-order chi connectivity index (χ0) is 33.8. The van der Waals surface area contributed by atoms with E-state index in [1.807, 2.05) is 17.9 Å². The first kappa shape index (κ1) is 35.9. The number of nitrogens with zero attached hydrogens (tertiary/aromatic N) is 4. The van der Waals surface area contributed by atoms with E-state index in [0.29, 0.717) is 42.2 Å². The second-order valence-corrected chi connectivity index (χ2v) is 12.6. The number of benzene rings is 1. The van der Waals surface area contributed by atoms with Crippen LogP contribution in [-0.4, -0.2) is 96.3 Å². The number of pyridine rings is 1. The molecule has 3 aromatic rings. The van der Waals surface area contributed by atoms with Crippen molar-refractivity contribution in [1.82, 2.24) is 19.8 Å². The van der Waals surface area contributed by atoms with Crippen molar-refractivity contribution < 1.29 is 45.0 Å². The summed E-state index contributed by atoms with van der Waals surface area (Å²) >= 11 is 7.89. The monoisotopic (exact) mass is 697 g/mol. The van der Waals surface area contributed by atoms with Gasteiger partial charge in [-0.3, -0.25) is 14.6 Å². The molecule has 1 N–H and O–H groups in total. The minimum Gasteiger partial charge on any atom is -0.482 e. The first-order valence-electron chi connectivity index (χ1n) is 14.4. The number of fused-ring (bicyclic) bond motifs is 1. The van der Waals surface area contributed by atoms with Gasteiger partial charge in [0.25, 0.3) is 5.22 Å². The zero-order valence-corrected chi connectivity index (χ0v) is 27.1. The predicted molar refractivity (Wildman–Crippen MR) is 162 cm³/mol. The third-order valence-corrected chi connectivity index (χ3v) is 8.26. The molecule has 46 heavy (non-hydrogen) atoms. The Morgan fingerprint density at radius 1 is 1.02 bits per heavy atom. The van der Waals surface area contributed by atoms with E-state index in [1.54, 1.807) is 0 Å². The summed E-state index contributed by atoms with van der Waals surface area (Å²) in [7, 11) is 0. The van der Waals surface area contributed by atoms with Crippen molar-refractivity contribution in [2.75, 3.05) is 63.6 Å². The Kier molecular flexibility index (Phi) is 11.6. The first-order chi connectivity index (χ1) is 21.5. The Balaban J connectivity index is 1.31. The van der Waals surface area contributed by atoms with Crippen molar-refractivity contribution in [2.45, 2.75) is 51.2 Å². The summed E-state index contributed by atoms with van der Waals surface area (Å²) in [5.74, 6) is -0.944. The summed E-state index contributed by atoms with van der Waals surface area (Å²) < 4.78 is 92.5. The number of oxazole rings is 1. The predicted octanol–water partition coefficient (Wildman–Crippen LogP) is 6.85. The number of anilines is 1. The van der Waals surface area contributed by atoms with Crippen LogP contribution in [0.25, 0.3) is 11.1 Å². The van der Waals surface area contributed by atoms with Gasteiger partial charge in [-0.25, -0.2) is 9.97 Å². The average Bonchev–Trinajstić information content (AvgIpc) is 3.38. The summed E-state index contributed by atoms with van der Waals surface area (Å²) in [5, 5.41) is 3.55. The summed E-state index contributed by atoms with van der Waals surface area (Å²) in [5.41, 5.74) is 2.90. The smallest absolute Gasteiger partial charge is 0.422 e. The van der Waals surface area contributed by atoms with Crippen LogP contribution in [0.3, 0.4) is 0 Å². The van der Waals surface area contributed by atoms with E-state index in [9.17, 15) is 31.1 Å². The van der Waals surface area contributed by atoms with Gasteiger partial charge in [0.2, 0.25) is 11.8 Å². The van der Waals surface area contributed by atoms with Gasteiger partial charge < -0.3 is 19.2 Å². The molecule has 0 saturated carbocycles. The number of hydrogen-bond donors (Lipinski definition) is 1. The number of aromatic nitrogens is 2. The number of amides is 1. The van der Waals surface area contributed by atoms with E-state index in [1.165, 1.54) is 18.7 Å². The summed E-state index contributed by atoms with van der Waals surface area (Å²) in [4.78, 5) is 25.4. The Hall–Kier alpha value is -2.95. The molecule has 0 bridgehead atoms. The van der Waals surface area contributed by atoms with Gasteiger partial charge in [-0.2, -0.15) is 26.3 Å². The fourth-order valence-electron chi connectivity index (χ4n) is 4.74. The van der Waals surface area contributed by atoms with Gasteiger partial charge in [0, 0.05) is 60.8 Å². The molecular weight excluding hydrogens is 664 g/mol. The Morgan fingerprint density at radius 2 is 1.65 bits per heavy atom. The van der Waals surface area contributed by atoms with E-state index in [0.717, 1.165) is 34.8 Å². The van der Waals surface area contributed by atoms with Gasteiger partial charge in [0.05, 0.1) is 6.54 Å². The lowest BCUT2D eigenvalue weighted by Gasteiger charge is -2.34. The van der Waals surface area contributed by atoms with Gasteiger partial charge in [-0.1, -0.05) is 37.2 Å². The molecule has 0 unspecified atom stereocenters. The lowest BCUT2D eigenvalue weighted by molar-refractivity contribution is -0.154. The summed E-state index contributed by atoms with van der Waals surface area (Å²) in [6.45, 7) is 6.77. The molecule has 9 nitrogen and oxygen atoms in total. The van der Waals surface area contributed by atoms with Crippen LogP contribution < -0.4 is 14.8 Å².